The Labute approximate surface area is 116 Å². The van der Waals surface area contributed by atoms with Crippen LogP contribution >= 0.6 is 0 Å². The second-order valence-electron chi connectivity index (χ2n) is 5.05. The van der Waals surface area contributed by atoms with Gasteiger partial charge in [0, 0.05) is 27.4 Å². The topological polar surface area (TPSA) is 72.2 Å². The molecule has 1 aromatic rings. The molecule has 2 rings (SSSR count). The highest BCUT2D eigenvalue weighted by atomic mass is 32.2. The second kappa shape index (κ2) is 6.19. The van der Waals surface area contributed by atoms with Gasteiger partial charge in [-0.1, -0.05) is 18.9 Å². The van der Waals surface area contributed by atoms with Crippen molar-refractivity contribution in [1.82, 2.24) is 0 Å². The van der Waals surface area contributed by atoms with Gasteiger partial charge in [-0.05, 0) is 37.5 Å². The molecule has 1 aliphatic carbocycles. The minimum absolute atomic E-state index is 0.0818. The molecule has 1 unspecified atom stereocenters. The molecule has 1 aromatic carbocycles. The molecule has 1 saturated carbocycles. The number of hydrogen-bond donors (Lipinski definition) is 2. The van der Waals surface area contributed by atoms with Crippen molar-refractivity contribution in [2.24, 2.45) is 0 Å². The summed E-state index contributed by atoms with van der Waals surface area (Å²) in [6, 6.07) is 5.40. The number of nitrogens with one attached hydrogen (secondary N) is 1. The quantitative estimate of drug-likeness (QED) is 0.831. The van der Waals surface area contributed by atoms with E-state index in [-0.39, 0.29) is 16.9 Å². The predicted molar refractivity (Wildman–Crippen MR) is 79.5 cm³/mol. The number of benzene rings is 1. The molecular formula is C14H20N2O2S. The van der Waals surface area contributed by atoms with Crippen molar-refractivity contribution in [2.75, 3.05) is 16.8 Å². The average Bonchev–Trinajstić information content (AvgIpc) is 2.87. The Morgan fingerprint density at radius 3 is 2.74 bits per heavy atom. The number of carbonyl (C=O) groups is 1. The zero-order chi connectivity index (χ0) is 13.8. The molecule has 19 heavy (non-hydrogen) atoms. The summed E-state index contributed by atoms with van der Waals surface area (Å²) >= 11 is 0. The van der Waals surface area contributed by atoms with E-state index in [0.29, 0.717) is 11.4 Å². The van der Waals surface area contributed by atoms with E-state index in [9.17, 15) is 9.00 Å². The van der Waals surface area contributed by atoms with E-state index in [0.717, 1.165) is 31.2 Å². The zero-order valence-corrected chi connectivity index (χ0v) is 12.0. The lowest BCUT2D eigenvalue weighted by atomic mass is 10.2. The van der Waals surface area contributed by atoms with Crippen molar-refractivity contribution in [3.05, 3.63) is 23.8 Å². The SMILES string of the molecule is Cc1ccc(NC(=O)CS(=O)C2CCCC2)cc1N. The van der Waals surface area contributed by atoms with Crippen molar-refractivity contribution in [3.63, 3.8) is 0 Å². The number of anilines is 2. The molecule has 1 aliphatic rings. The number of carbonyl (C=O) groups excluding carboxylic acids is 1. The van der Waals surface area contributed by atoms with Gasteiger partial charge >= 0.3 is 0 Å². The fraction of sp³-hybridized carbons (Fsp3) is 0.500. The standard InChI is InChI=1S/C14H20N2O2S/c1-10-6-7-11(8-13(10)15)16-14(17)9-19(18)12-4-2-3-5-12/h6-8,12H,2-5,9,15H2,1H3,(H,16,17). The van der Waals surface area contributed by atoms with Crippen LogP contribution in [0.2, 0.25) is 0 Å². The highest BCUT2D eigenvalue weighted by molar-refractivity contribution is 7.86. The van der Waals surface area contributed by atoms with E-state index >= 15 is 0 Å². The molecule has 1 atom stereocenters. The highest BCUT2D eigenvalue weighted by Crippen LogP contribution is 2.23. The van der Waals surface area contributed by atoms with Gasteiger partial charge in [0.05, 0.1) is 0 Å². The Morgan fingerprint density at radius 2 is 2.11 bits per heavy atom. The summed E-state index contributed by atoms with van der Waals surface area (Å²) in [5.74, 6) is -0.119. The van der Waals surface area contributed by atoms with Crippen molar-refractivity contribution in [2.45, 2.75) is 37.9 Å². The van der Waals surface area contributed by atoms with Gasteiger partial charge in [0.25, 0.3) is 0 Å². The largest absolute Gasteiger partial charge is 0.398 e. The molecule has 1 fully saturated rings. The van der Waals surface area contributed by atoms with Crippen LogP contribution < -0.4 is 11.1 Å². The van der Waals surface area contributed by atoms with Crippen LogP contribution in [0.15, 0.2) is 18.2 Å². The Bertz CT molecular complexity index is 496. The first-order valence-corrected chi connectivity index (χ1v) is 7.97. The average molecular weight is 280 g/mol. The third kappa shape index (κ3) is 3.80. The molecule has 1 amide bonds. The molecule has 0 heterocycles. The zero-order valence-electron chi connectivity index (χ0n) is 11.1. The molecule has 104 valence electrons. The van der Waals surface area contributed by atoms with E-state index in [1.165, 1.54) is 0 Å². The van der Waals surface area contributed by atoms with Crippen molar-refractivity contribution >= 4 is 28.1 Å². The van der Waals surface area contributed by atoms with E-state index in [1.54, 1.807) is 6.07 Å². The molecule has 0 spiro atoms. The highest BCUT2D eigenvalue weighted by Gasteiger charge is 2.23. The third-order valence-electron chi connectivity index (χ3n) is 3.51. The van der Waals surface area contributed by atoms with Crippen LogP contribution in [0.5, 0.6) is 0 Å². The van der Waals surface area contributed by atoms with Gasteiger partial charge in [-0.15, -0.1) is 0 Å². The number of nitrogen functional groups attached to an aromatic ring is 1. The van der Waals surface area contributed by atoms with E-state index in [4.69, 9.17) is 5.73 Å². The van der Waals surface area contributed by atoms with Crippen molar-refractivity contribution in [1.29, 1.82) is 0 Å². The number of amides is 1. The molecule has 3 N–H and O–H groups in total. The Kier molecular flexibility index (Phi) is 4.58. The van der Waals surface area contributed by atoms with Gasteiger partial charge in [-0.25, -0.2) is 0 Å². The van der Waals surface area contributed by atoms with Gasteiger partial charge < -0.3 is 11.1 Å². The normalized spacial score (nSPS) is 17.3. The third-order valence-corrected chi connectivity index (χ3v) is 5.27. The fourth-order valence-corrected chi connectivity index (χ4v) is 3.74. The van der Waals surface area contributed by atoms with Gasteiger partial charge in [0.15, 0.2) is 0 Å². The maximum absolute atomic E-state index is 12.0. The van der Waals surface area contributed by atoms with Crippen LogP contribution in [0, 0.1) is 6.92 Å². The summed E-state index contributed by atoms with van der Waals surface area (Å²) in [5.41, 5.74) is 8.08. The summed E-state index contributed by atoms with van der Waals surface area (Å²) < 4.78 is 12.0. The summed E-state index contributed by atoms with van der Waals surface area (Å²) in [5, 5.41) is 2.95. The number of nitrogens with two attached hydrogens (primary N) is 1. The fourth-order valence-electron chi connectivity index (χ4n) is 2.31. The monoisotopic (exact) mass is 280 g/mol. The molecule has 4 nitrogen and oxygen atoms in total. The van der Waals surface area contributed by atoms with E-state index < -0.39 is 10.8 Å². The second-order valence-corrected chi connectivity index (χ2v) is 6.77. The molecule has 5 heteroatoms. The maximum atomic E-state index is 12.0. The van der Waals surface area contributed by atoms with Gasteiger partial charge in [0.1, 0.15) is 5.75 Å². The minimum atomic E-state index is -1.05. The van der Waals surface area contributed by atoms with Gasteiger partial charge in [-0.3, -0.25) is 9.00 Å². The first-order chi connectivity index (χ1) is 9.06. The summed E-state index contributed by atoms with van der Waals surface area (Å²) in [7, 11) is -1.05. The van der Waals surface area contributed by atoms with Crippen LogP contribution in [0.1, 0.15) is 31.2 Å². The van der Waals surface area contributed by atoms with Crippen LogP contribution in [-0.2, 0) is 15.6 Å². The Morgan fingerprint density at radius 1 is 1.42 bits per heavy atom. The van der Waals surface area contributed by atoms with Gasteiger partial charge in [0.2, 0.25) is 5.91 Å². The van der Waals surface area contributed by atoms with E-state index in [2.05, 4.69) is 5.32 Å². The number of aryl methyl sites for hydroxylation is 1. The lowest BCUT2D eigenvalue weighted by Gasteiger charge is -2.10. The van der Waals surface area contributed by atoms with Gasteiger partial charge in [-0.2, -0.15) is 0 Å². The molecule has 0 aliphatic heterocycles. The Balaban J connectivity index is 1.89. The lowest BCUT2D eigenvalue weighted by molar-refractivity contribution is -0.113. The molecular weight excluding hydrogens is 260 g/mol. The lowest BCUT2D eigenvalue weighted by Crippen LogP contribution is -2.24. The van der Waals surface area contributed by atoms with E-state index in [1.807, 2.05) is 19.1 Å². The van der Waals surface area contributed by atoms with Crippen molar-refractivity contribution in [3.8, 4) is 0 Å². The molecule has 0 aromatic heterocycles. The van der Waals surface area contributed by atoms with Crippen LogP contribution in [0.3, 0.4) is 0 Å². The first-order valence-electron chi connectivity index (χ1n) is 6.59. The Hall–Kier alpha value is -1.36. The molecule has 0 radical (unpaired) electrons. The smallest absolute Gasteiger partial charge is 0.237 e. The van der Waals surface area contributed by atoms with Crippen LogP contribution in [-0.4, -0.2) is 21.1 Å². The number of rotatable bonds is 4. The first kappa shape index (κ1) is 14.1. The van der Waals surface area contributed by atoms with Crippen LogP contribution in [0.4, 0.5) is 11.4 Å². The maximum Gasteiger partial charge on any atom is 0.237 e. The molecule has 0 saturated heterocycles. The summed E-state index contributed by atoms with van der Waals surface area (Å²) in [6.45, 7) is 1.91. The molecule has 0 bridgehead atoms. The summed E-state index contributed by atoms with van der Waals surface area (Å²) in [6.07, 6.45) is 4.23. The predicted octanol–water partition coefficient (Wildman–Crippen LogP) is 2.21. The van der Waals surface area contributed by atoms with Crippen LogP contribution in [0.25, 0.3) is 0 Å². The van der Waals surface area contributed by atoms with Crippen molar-refractivity contribution < 1.29 is 9.00 Å². The minimum Gasteiger partial charge on any atom is -0.398 e. The summed E-state index contributed by atoms with van der Waals surface area (Å²) in [4.78, 5) is 11.8. The number of hydrogen-bond acceptors (Lipinski definition) is 3.